The van der Waals surface area contributed by atoms with Gasteiger partial charge in [-0.25, -0.2) is 0 Å². The molecule has 0 bridgehead atoms. The maximum absolute atomic E-state index is 11.4. The molecular formula is C24H47NO4. The van der Waals surface area contributed by atoms with Gasteiger partial charge in [0, 0.05) is 6.04 Å². The molecule has 0 heterocycles. The lowest BCUT2D eigenvalue weighted by Gasteiger charge is -2.32. The van der Waals surface area contributed by atoms with Gasteiger partial charge < -0.3 is 10.2 Å². The maximum Gasteiger partial charge on any atom is 0.321 e. The molecule has 0 aromatic heterocycles. The van der Waals surface area contributed by atoms with Crippen molar-refractivity contribution in [1.29, 1.82) is 0 Å². The normalized spacial score (nSPS) is 13.5. The molecule has 0 amide bonds. The van der Waals surface area contributed by atoms with E-state index in [2.05, 4.69) is 6.92 Å². The number of aliphatic carboxylic acids is 2. The highest BCUT2D eigenvalue weighted by Gasteiger charge is 2.30. The number of likely N-dealkylation sites (N-methyl/N-ethyl adjacent to an activating group) is 1. The van der Waals surface area contributed by atoms with Gasteiger partial charge in [0.05, 0.1) is 6.42 Å². The Morgan fingerprint density at radius 2 is 1.14 bits per heavy atom. The number of hydrogen-bond acceptors (Lipinski definition) is 3. The lowest BCUT2D eigenvalue weighted by molar-refractivity contribution is -0.150. The highest BCUT2D eigenvalue weighted by molar-refractivity contribution is 5.80. The second-order valence-corrected chi connectivity index (χ2v) is 8.52. The van der Waals surface area contributed by atoms with Gasteiger partial charge in [0.1, 0.15) is 6.04 Å². The van der Waals surface area contributed by atoms with Crippen molar-refractivity contribution in [3.05, 3.63) is 0 Å². The topological polar surface area (TPSA) is 77.8 Å². The summed E-state index contributed by atoms with van der Waals surface area (Å²) < 4.78 is 0. The van der Waals surface area contributed by atoms with E-state index in [9.17, 15) is 14.7 Å². The number of nitrogens with zero attached hydrogens (tertiary/aromatic N) is 1. The summed E-state index contributed by atoms with van der Waals surface area (Å²) in [5, 5.41) is 18.3. The maximum atomic E-state index is 11.4. The number of carboxylic acid groups (broad SMARTS) is 2. The summed E-state index contributed by atoms with van der Waals surface area (Å²) in [5.74, 6) is -2.10. The van der Waals surface area contributed by atoms with Gasteiger partial charge in [-0.15, -0.1) is 0 Å². The molecule has 29 heavy (non-hydrogen) atoms. The SMILES string of the molecule is CCCCCCCCCCCCCCCCC(C)N(CC)C(CC(=O)O)C(=O)O. The first-order valence-corrected chi connectivity index (χ1v) is 12.1. The minimum atomic E-state index is -1.06. The third kappa shape index (κ3) is 15.4. The van der Waals surface area contributed by atoms with Crippen molar-refractivity contribution < 1.29 is 19.8 Å². The van der Waals surface area contributed by atoms with Crippen molar-refractivity contribution in [3.8, 4) is 0 Å². The third-order valence-electron chi connectivity index (χ3n) is 5.96. The van der Waals surface area contributed by atoms with E-state index in [1.807, 2.05) is 18.7 Å². The largest absolute Gasteiger partial charge is 0.481 e. The fraction of sp³-hybridized carbons (Fsp3) is 0.917. The van der Waals surface area contributed by atoms with Gasteiger partial charge in [0.15, 0.2) is 0 Å². The molecule has 5 heteroatoms. The van der Waals surface area contributed by atoms with Crippen LogP contribution in [0.1, 0.15) is 124 Å². The summed E-state index contributed by atoms with van der Waals surface area (Å²) in [6.45, 7) is 6.74. The second-order valence-electron chi connectivity index (χ2n) is 8.52. The van der Waals surface area contributed by atoms with Crippen LogP contribution in [0, 0.1) is 0 Å². The van der Waals surface area contributed by atoms with Crippen LogP contribution in [0.4, 0.5) is 0 Å². The van der Waals surface area contributed by atoms with E-state index in [4.69, 9.17) is 5.11 Å². The van der Waals surface area contributed by atoms with Crippen LogP contribution >= 0.6 is 0 Å². The van der Waals surface area contributed by atoms with Crippen LogP contribution in [0.15, 0.2) is 0 Å². The zero-order valence-electron chi connectivity index (χ0n) is 19.3. The minimum Gasteiger partial charge on any atom is -0.481 e. The molecule has 0 spiro atoms. The quantitative estimate of drug-likeness (QED) is 0.210. The second kappa shape index (κ2) is 18.9. The van der Waals surface area contributed by atoms with Crippen LogP contribution in [0.2, 0.25) is 0 Å². The molecular weight excluding hydrogens is 366 g/mol. The summed E-state index contributed by atoms with van der Waals surface area (Å²) in [7, 11) is 0. The van der Waals surface area contributed by atoms with Gasteiger partial charge in [0.2, 0.25) is 0 Å². The molecule has 0 aliphatic heterocycles. The molecule has 2 N–H and O–H groups in total. The number of carbonyl (C=O) groups is 2. The monoisotopic (exact) mass is 413 g/mol. The Morgan fingerprint density at radius 3 is 1.48 bits per heavy atom. The molecule has 0 aliphatic carbocycles. The zero-order valence-corrected chi connectivity index (χ0v) is 19.3. The van der Waals surface area contributed by atoms with Gasteiger partial charge in [-0.3, -0.25) is 14.5 Å². The molecule has 0 aromatic carbocycles. The average Bonchev–Trinajstić information content (AvgIpc) is 2.67. The van der Waals surface area contributed by atoms with Gasteiger partial charge >= 0.3 is 11.9 Å². The molecule has 0 radical (unpaired) electrons. The number of hydrogen-bond donors (Lipinski definition) is 2. The highest BCUT2D eigenvalue weighted by Crippen LogP contribution is 2.17. The van der Waals surface area contributed by atoms with E-state index in [1.54, 1.807) is 0 Å². The molecule has 172 valence electrons. The van der Waals surface area contributed by atoms with Crippen molar-refractivity contribution in [2.75, 3.05) is 6.54 Å². The molecule has 0 saturated carbocycles. The van der Waals surface area contributed by atoms with E-state index < -0.39 is 18.0 Å². The molecule has 0 fully saturated rings. The van der Waals surface area contributed by atoms with Crippen molar-refractivity contribution in [2.24, 2.45) is 0 Å². The Balaban J connectivity index is 3.72. The Labute approximate surface area is 179 Å². The summed E-state index contributed by atoms with van der Waals surface area (Å²) in [6.07, 6.45) is 19.1. The predicted molar refractivity (Wildman–Crippen MR) is 120 cm³/mol. The van der Waals surface area contributed by atoms with Crippen LogP contribution in [-0.4, -0.2) is 45.7 Å². The first kappa shape index (κ1) is 27.9. The molecule has 0 saturated heterocycles. The fourth-order valence-electron chi connectivity index (χ4n) is 4.15. The Bertz CT molecular complexity index is 414. The predicted octanol–water partition coefficient (Wildman–Crippen LogP) is 6.50. The Morgan fingerprint density at radius 1 is 0.724 bits per heavy atom. The highest BCUT2D eigenvalue weighted by atomic mass is 16.4. The zero-order chi connectivity index (χ0) is 21.9. The summed E-state index contributed by atoms with van der Waals surface area (Å²) in [5.41, 5.74) is 0. The van der Waals surface area contributed by atoms with Gasteiger partial charge in [0.25, 0.3) is 0 Å². The molecule has 0 rings (SSSR count). The van der Waals surface area contributed by atoms with Crippen LogP contribution in [0.3, 0.4) is 0 Å². The number of rotatable bonds is 21. The number of unbranched alkanes of at least 4 members (excludes halogenated alkanes) is 13. The van der Waals surface area contributed by atoms with Crippen LogP contribution < -0.4 is 0 Å². The van der Waals surface area contributed by atoms with Crippen molar-refractivity contribution >= 4 is 11.9 Å². The van der Waals surface area contributed by atoms with Crippen molar-refractivity contribution in [1.82, 2.24) is 4.90 Å². The van der Waals surface area contributed by atoms with Gasteiger partial charge in [-0.05, 0) is 19.9 Å². The van der Waals surface area contributed by atoms with Crippen molar-refractivity contribution in [2.45, 2.75) is 136 Å². The fourth-order valence-corrected chi connectivity index (χ4v) is 4.15. The minimum absolute atomic E-state index is 0.0952. The van der Waals surface area contributed by atoms with E-state index in [1.165, 1.54) is 83.5 Å². The summed E-state index contributed by atoms with van der Waals surface area (Å²) in [6, 6.07) is -0.836. The van der Waals surface area contributed by atoms with E-state index in [0.29, 0.717) is 6.54 Å². The number of carboxylic acids is 2. The molecule has 2 atom stereocenters. The molecule has 5 nitrogen and oxygen atoms in total. The standard InChI is InChI=1S/C24H47NO4/c1-4-6-7-8-9-10-11-12-13-14-15-16-17-18-19-21(3)25(5-2)22(24(28)29)20-23(26)27/h21-22H,4-20H2,1-3H3,(H,26,27)(H,28,29). The van der Waals surface area contributed by atoms with E-state index in [0.717, 1.165) is 12.8 Å². The average molecular weight is 414 g/mol. The van der Waals surface area contributed by atoms with Crippen LogP contribution in [0.5, 0.6) is 0 Å². The lowest BCUT2D eigenvalue weighted by atomic mass is 10.0. The molecule has 0 aromatic rings. The van der Waals surface area contributed by atoms with Gasteiger partial charge in [-0.2, -0.15) is 0 Å². The first-order chi connectivity index (χ1) is 13.9. The van der Waals surface area contributed by atoms with Gasteiger partial charge in [-0.1, -0.05) is 104 Å². The summed E-state index contributed by atoms with van der Waals surface area (Å²) >= 11 is 0. The van der Waals surface area contributed by atoms with E-state index in [-0.39, 0.29) is 12.5 Å². The lowest BCUT2D eigenvalue weighted by Crippen LogP contribution is -2.47. The Kier molecular flexibility index (Phi) is 18.2. The third-order valence-corrected chi connectivity index (χ3v) is 5.96. The smallest absolute Gasteiger partial charge is 0.321 e. The van der Waals surface area contributed by atoms with Crippen LogP contribution in [-0.2, 0) is 9.59 Å². The first-order valence-electron chi connectivity index (χ1n) is 12.1. The summed E-state index contributed by atoms with van der Waals surface area (Å²) in [4.78, 5) is 24.2. The van der Waals surface area contributed by atoms with E-state index >= 15 is 0 Å². The molecule has 0 aliphatic rings. The van der Waals surface area contributed by atoms with Crippen LogP contribution in [0.25, 0.3) is 0 Å². The molecule has 2 unspecified atom stereocenters. The van der Waals surface area contributed by atoms with Crippen molar-refractivity contribution in [3.63, 3.8) is 0 Å². The Hall–Kier alpha value is -1.10.